The Kier molecular flexibility index (Phi) is 8.97. The first-order valence-corrected chi connectivity index (χ1v) is 15.0. The van der Waals surface area contributed by atoms with Gasteiger partial charge >= 0.3 is 12.4 Å². The zero-order chi connectivity index (χ0) is 32.8. The maximum atomic E-state index is 13.5. The fraction of sp³-hybridized carbons (Fsp3) is 0.581. The Hall–Kier alpha value is -3.23. The number of nitrogens with zero attached hydrogens (tertiary/aromatic N) is 3. The number of amides is 1. The molecule has 2 aromatic carbocycles. The Morgan fingerprint density at radius 2 is 1.71 bits per heavy atom. The molecular weight excluding hydrogens is 606 g/mol. The Labute approximate surface area is 257 Å². The van der Waals surface area contributed by atoms with Gasteiger partial charge in [0.25, 0.3) is 5.60 Å². The van der Waals surface area contributed by atoms with Crippen LogP contribution in [-0.2, 0) is 22.4 Å². The van der Waals surface area contributed by atoms with E-state index < -0.39 is 29.1 Å². The van der Waals surface area contributed by atoms with E-state index in [9.17, 15) is 36.2 Å². The molecule has 2 saturated heterocycles. The van der Waals surface area contributed by atoms with Crippen LogP contribution in [-0.4, -0.2) is 91.8 Å². The topological polar surface area (TPSA) is 77.5 Å². The molecular formula is C31H38F6N4O4. The lowest BCUT2D eigenvalue weighted by atomic mass is 9.89. The summed E-state index contributed by atoms with van der Waals surface area (Å²) in [5.41, 5.74) is -4.88. The molecule has 2 N–H and O–H groups in total. The monoisotopic (exact) mass is 644 g/mol. The first kappa shape index (κ1) is 33.1. The lowest BCUT2D eigenvalue weighted by Gasteiger charge is -2.42. The highest BCUT2D eigenvalue weighted by molar-refractivity contribution is 5.79. The number of aliphatic hydroxyl groups is 1. The number of carbonyl (C=O) groups is 1. The summed E-state index contributed by atoms with van der Waals surface area (Å²) >= 11 is 0. The van der Waals surface area contributed by atoms with Crippen molar-refractivity contribution in [1.29, 1.82) is 0 Å². The van der Waals surface area contributed by atoms with E-state index in [4.69, 9.17) is 9.47 Å². The number of benzene rings is 2. The van der Waals surface area contributed by atoms with Crippen LogP contribution in [0.1, 0.15) is 43.9 Å². The summed E-state index contributed by atoms with van der Waals surface area (Å²) in [6.45, 7) is 8.98. The number of aryl methyl sites for hydroxylation is 1. The fourth-order valence-corrected chi connectivity index (χ4v) is 6.44. The summed E-state index contributed by atoms with van der Waals surface area (Å²) in [5.74, 6) is 1.32. The van der Waals surface area contributed by atoms with Crippen LogP contribution in [0.4, 0.5) is 32.0 Å². The molecule has 2 aromatic rings. The van der Waals surface area contributed by atoms with Crippen LogP contribution < -0.4 is 19.7 Å². The number of halogens is 6. The minimum atomic E-state index is -5.96. The molecule has 3 aliphatic rings. The third kappa shape index (κ3) is 6.28. The Morgan fingerprint density at radius 3 is 2.36 bits per heavy atom. The van der Waals surface area contributed by atoms with E-state index in [-0.39, 0.29) is 30.5 Å². The second kappa shape index (κ2) is 12.2. The fourth-order valence-electron chi connectivity index (χ4n) is 6.44. The average molecular weight is 645 g/mol. The van der Waals surface area contributed by atoms with Crippen molar-refractivity contribution in [2.24, 2.45) is 0 Å². The van der Waals surface area contributed by atoms with Crippen molar-refractivity contribution in [2.75, 3.05) is 57.5 Å². The van der Waals surface area contributed by atoms with Gasteiger partial charge in [0.2, 0.25) is 5.91 Å². The standard InChI is InChI=1S/C31H38F6N4O4/c1-4-5-21-14-23(29(43,30(32,33)34)31(35,36)37)6-8-24(21)40-10-11-41(20(2)16-40)27(42)17-39-18-28(3,38-19-39)22-7-9-25-26(15-22)45-13-12-44-25/h6-9,14-15,20,38,43H,4-5,10-13,16-19H2,1-3H3. The maximum absolute atomic E-state index is 13.5. The third-order valence-corrected chi connectivity index (χ3v) is 8.90. The van der Waals surface area contributed by atoms with Crippen LogP contribution in [0.2, 0.25) is 0 Å². The largest absolute Gasteiger partial charge is 0.486 e. The van der Waals surface area contributed by atoms with Crippen LogP contribution >= 0.6 is 0 Å². The first-order valence-electron chi connectivity index (χ1n) is 15.0. The van der Waals surface area contributed by atoms with Crippen LogP contribution in [0.5, 0.6) is 11.5 Å². The normalized spacial score (nSPS) is 23.0. The highest BCUT2D eigenvalue weighted by Gasteiger charge is 2.71. The van der Waals surface area contributed by atoms with Crippen molar-refractivity contribution in [3.8, 4) is 11.5 Å². The number of carbonyl (C=O) groups excluding carboxylic acids is 1. The minimum Gasteiger partial charge on any atom is -0.486 e. The number of fused-ring (bicyclic) bond motifs is 1. The summed E-state index contributed by atoms with van der Waals surface area (Å²) < 4.78 is 92.5. The molecule has 0 spiro atoms. The van der Waals surface area contributed by atoms with Gasteiger partial charge in [-0.25, -0.2) is 0 Å². The summed E-state index contributed by atoms with van der Waals surface area (Å²) in [6, 6.07) is 8.28. The highest BCUT2D eigenvalue weighted by Crippen LogP contribution is 2.50. The average Bonchev–Trinajstić information content (AvgIpc) is 3.36. The number of piperazine rings is 1. The number of hydrogen-bond donors (Lipinski definition) is 2. The van der Waals surface area contributed by atoms with Gasteiger partial charge in [-0.2, -0.15) is 26.3 Å². The van der Waals surface area contributed by atoms with Gasteiger partial charge in [0.1, 0.15) is 13.2 Å². The van der Waals surface area contributed by atoms with E-state index in [2.05, 4.69) is 12.2 Å². The highest BCUT2D eigenvalue weighted by atomic mass is 19.4. The molecule has 3 aliphatic heterocycles. The molecule has 248 valence electrons. The molecule has 0 aromatic heterocycles. The molecule has 0 saturated carbocycles. The van der Waals surface area contributed by atoms with Gasteiger partial charge in [-0.15, -0.1) is 0 Å². The van der Waals surface area contributed by atoms with Gasteiger partial charge < -0.3 is 24.4 Å². The number of alkyl halides is 6. The Morgan fingerprint density at radius 1 is 1.02 bits per heavy atom. The number of anilines is 1. The van der Waals surface area contributed by atoms with E-state index in [0.717, 1.165) is 11.6 Å². The molecule has 0 bridgehead atoms. The van der Waals surface area contributed by atoms with Crippen molar-refractivity contribution in [3.05, 3.63) is 53.1 Å². The number of nitrogens with one attached hydrogen (secondary N) is 1. The summed E-state index contributed by atoms with van der Waals surface area (Å²) in [7, 11) is 0. The lowest BCUT2D eigenvalue weighted by Crippen LogP contribution is -2.56. The number of rotatable bonds is 7. The zero-order valence-electron chi connectivity index (χ0n) is 25.4. The van der Waals surface area contributed by atoms with Gasteiger partial charge in [0, 0.05) is 50.1 Å². The van der Waals surface area contributed by atoms with E-state index >= 15 is 0 Å². The number of ether oxygens (including phenoxy) is 2. The van der Waals surface area contributed by atoms with Crippen LogP contribution in [0.25, 0.3) is 0 Å². The summed E-state index contributed by atoms with van der Waals surface area (Å²) in [5, 5.41) is 13.4. The minimum absolute atomic E-state index is 0.0695. The molecule has 0 radical (unpaired) electrons. The van der Waals surface area contributed by atoms with Crippen molar-refractivity contribution >= 4 is 11.6 Å². The maximum Gasteiger partial charge on any atom is 0.430 e. The molecule has 45 heavy (non-hydrogen) atoms. The second-order valence-electron chi connectivity index (χ2n) is 12.2. The smallest absolute Gasteiger partial charge is 0.430 e. The molecule has 2 atom stereocenters. The molecule has 14 heteroatoms. The molecule has 0 aliphatic carbocycles. The Balaban J connectivity index is 1.25. The van der Waals surface area contributed by atoms with Gasteiger partial charge in [-0.3, -0.25) is 15.0 Å². The summed E-state index contributed by atoms with van der Waals surface area (Å²) in [6.07, 6.45) is -11.2. The predicted molar refractivity (Wildman–Crippen MR) is 154 cm³/mol. The molecule has 8 nitrogen and oxygen atoms in total. The SMILES string of the molecule is CCCc1cc(C(O)(C(F)(F)F)C(F)(F)F)ccc1N1CCN(C(=O)CN2CNC(C)(c3ccc4c(c3)OCCO4)C2)C(C)C1. The van der Waals surface area contributed by atoms with Crippen LogP contribution in [0, 0.1) is 0 Å². The van der Waals surface area contributed by atoms with Gasteiger partial charge in [-0.05, 0) is 49.6 Å². The van der Waals surface area contributed by atoms with E-state index in [1.54, 1.807) is 11.8 Å². The van der Waals surface area contributed by atoms with E-state index in [1.165, 1.54) is 6.07 Å². The molecule has 2 unspecified atom stereocenters. The third-order valence-electron chi connectivity index (χ3n) is 8.90. The molecule has 2 fully saturated rings. The van der Waals surface area contributed by atoms with Crippen molar-refractivity contribution in [1.82, 2.24) is 15.1 Å². The summed E-state index contributed by atoms with van der Waals surface area (Å²) in [4.78, 5) is 19.1. The van der Waals surface area contributed by atoms with E-state index in [1.807, 2.05) is 34.9 Å². The Bertz CT molecular complexity index is 1390. The van der Waals surface area contributed by atoms with Crippen molar-refractivity contribution in [2.45, 2.75) is 63.1 Å². The second-order valence-corrected chi connectivity index (χ2v) is 12.2. The van der Waals surface area contributed by atoms with Gasteiger partial charge in [0.05, 0.1) is 12.1 Å². The molecule has 3 heterocycles. The first-order chi connectivity index (χ1) is 21.1. The quantitative estimate of drug-likeness (QED) is 0.429. The molecule has 5 rings (SSSR count). The van der Waals surface area contributed by atoms with Crippen LogP contribution in [0.3, 0.4) is 0 Å². The van der Waals surface area contributed by atoms with Gasteiger partial charge in [0.15, 0.2) is 11.5 Å². The van der Waals surface area contributed by atoms with Crippen LogP contribution in [0.15, 0.2) is 36.4 Å². The zero-order valence-corrected chi connectivity index (χ0v) is 25.4. The van der Waals surface area contributed by atoms with Gasteiger partial charge in [-0.1, -0.05) is 31.5 Å². The van der Waals surface area contributed by atoms with Crippen molar-refractivity contribution < 1.29 is 45.7 Å². The van der Waals surface area contributed by atoms with E-state index in [0.29, 0.717) is 75.7 Å². The number of hydrogen-bond acceptors (Lipinski definition) is 7. The van der Waals surface area contributed by atoms with Crippen molar-refractivity contribution in [3.63, 3.8) is 0 Å². The predicted octanol–water partition coefficient (Wildman–Crippen LogP) is 4.54. The molecule has 1 amide bonds. The lowest BCUT2D eigenvalue weighted by molar-refractivity contribution is -0.376.